The molecule has 1 N–H and O–H groups in total. The van der Waals surface area contributed by atoms with Gasteiger partial charge in [-0.2, -0.15) is 0 Å². The van der Waals surface area contributed by atoms with Crippen LogP contribution in [0, 0.1) is 0 Å². The Balaban J connectivity index is 0.00000182. The molecule has 0 saturated carbocycles. The second-order valence-electron chi connectivity index (χ2n) is 7.50. The number of nitrogens with one attached hydrogen (secondary N) is 1. The molecule has 27 heavy (non-hydrogen) atoms. The molecular weight excluding hydrogens is 385 g/mol. The maximum Gasteiger partial charge on any atom is 0.254 e. The van der Waals surface area contributed by atoms with Gasteiger partial charge in [0.25, 0.3) is 5.91 Å². The molecule has 7 heteroatoms. The van der Waals surface area contributed by atoms with Crippen molar-refractivity contribution < 1.29 is 9.53 Å². The molecule has 154 valence electrons. The third kappa shape index (κ3) is 6.33. The summed E-state index contributed by atoms with van der Waals surface area (Å²) in [6, 6.07) is 8.50. The lowest BCUT2D eigenvalue weighted by Gasteiger charge is -2.35. The molecule has 1 aromatic carbocycles. The standard InChI is InChI=1S/C20H31N3O2.2ClH/c1-15-12-22(13-16(2)25-15)14-17-6-8-18(9-7-17)20(24)23-10-4-5-19(23)11-21-3;;/h6-9,15-16,19,21H,4-5,10-14H2,1-3H3;2*1H. The molecule has 0 spiro atoms. The number of amides is 1. The summed E-state index contributed by atoms with van der Waals surface area (Å²) in [5, 5.41) is 3.20. The smallest absolute Gasteiger partial charge is 0.254 e. The minimum Gasteiger partial charge on any atom is -0.373 e. The van der Waals surface area contributed by atoms with Crippen molar-refractivity contribution in [3.63, 3.8) is 0 Å². The fourth-order valence-corrected chi connectivity index (χ4v) is 4.14. The summed E-state index contributed by atoms with van der Waals surface area (Å²) in [5.74, 6) is 0.165. The molecule has 3 unspecified atom stereocenters. The summed E-state index contributed by atoms with van der Waals surface area (Å²) in [6.07, 6.45) is 2.76. The van der Waals surface area contributed by atoms with E-state index in [1.165, 1.54) is 5.56 Å². The Labute approximate surface area is 175 Å². The number of nitrogens with zero attached hydrogens (tertiary/aromatic N) is 2. The number of hydrogen-bond donors (Lipinski definition) is 1. The number of carbonyl (C=O) groups excluding carboxylic acids is 1. The maximum absolute atomic E-state index is 12.8. The second-order valence-corrected chi connectivity index (χ2v) is 7.50. The van der Waals surface area contributed by atoms with Gasteiger partial charge in [-0.3, -0.25) is 9.69 Å². The average molecular weight is 418 g/mol. The molecule has 5 nitrogen and oxygen atoms in total. The number of rotatable bonds is 5. The molecule has 2 aliphatic heterocycles. The van der Waals surface area contributed by atoms with Crippen molar-refractivity contribution in [2.24, 2.45) is 0 Å². The summed E-state index contributed by atoms with van der Waals surface area (Å²) in [7, 11) is 1.95. The molecule has 1 aromatic rings. The highest BCUT2D eigenvalue weighted by molar-refractivity contribution is 5.94. The lowest BCUT2D eigenvalue weighted by atomic mass is 10.1. The Morgan fingerprint density at radius 3 is 2.37 bits per heavy atom. The SMILES string of the molecule is CNCC1CCCN1C(=O)c1ccc(CN2CC(C)OC(C)C2)cc1.Cl.Cl. The van der Waals surface area contributed by atoms with E-state index in [2.05, 4.69) is 36.2 Å². The van der Waals surface area contributed by atoms with E-state index in [1.54, 1.807) is 0 Å². The number of likely N-dealkylation sites (tertiary alicyclic amines) is 1. The summed E-state index contributed by atoms with van der Waals surface area (Å²) in [4.78, 5) is 17.2. The van der Waals surface area contributed by atoms with Gasteiger partial charge >= 0.3 is 0 Å². The average Bonchev–Trinajstić information content (AvgIpc) is 3.02. The topological polar surface area (TPSA) is 44.8 Å². The van der Waals surface area contributed by atoms with Gasteiger partial charge in [0.15, 0.2) is 0 Å². The van der Waals surface area contributed by atoms with E-state index in [0.29, 0.717) is 6.04 Å². The van der Waals surface area contributed by atoms with Crippen LogP contribution in [-0.4, -0.2) is 67.2 Å². The van der Waals surface area contributed by atoms with E-state index in [-0.39, 0.29) is 42.9 Å². The predicted octanol–water partition coefficient (Wildman–Crippen LogP) is 2.96. The van der Waals surface area contributed by atoms with Crippen LogP contribution < -0.4 is 5.32 Å². The second kappa shape index (κ2) is 11.2. The van der Waals surface area contributed by atoms with Crippen molar-refractivity contribution in [2.75, 3.05) is 33.2 Å². The molecule has 2 fully saturated rings. The predicted molar refractivity (Wildman–Crippen MR) is 114 cm³/mol. The van der Waals surface area contributed by atoms with Crippen molar-refractivity contribution in [3.05, 3.63) is 35.4 Å². The van der Waals surface area contributed by atoms with Crippen LogP contribution in [0.4, 0.5) is 0 Å². The van der Waals surface area contributed by atoms with Crippen molar-refractivity contribution in [3.8, 4) is 0 Å². The van der Waals surface area contributed by atoms with Gasteiger partial charge in [0.05, 0.1) is 12.2 Å². The largest absolute Gasteiger partial charge is 0.373 e. The summed E-state index contributed by atoms with van der Waals surface area (Å²) in [5.41, 5.74) is 2.06. The Morgan fingerprint density at radius 1 is 1.15 bits per heavy atom. The van der Waals surface area contributed by atoms with Crippen molar-refractivity contribution in [1.82, 2.24) is 15.1 Å². The van der Waals surface area contributed by atoms with E-state index >= 15 is 0 Å². The van der Waals surface area contributed by atoms with Crippen LogP contribution >= 0.6 is 24.8 Å². The Kier molecular flexibility index (Phi) is 10.1. The number of likely N-dealkylation sites (N-methyl/N-ethyl adjacent to an activating group) is 1. The van der Waals surface area contributed by atoms with Crippen LogP contribution in [0.15, 0.2) is 24.3 Å². The Bertz CT molecular complexity index is 575. The third-order valence-electron chi connectivity index (χ3n) is 5.18. The summed E-state index contributed by atoms with van der Waals surface area (Å²) < 4.78 is 5.79. The number of ether oxygens (including phenoxy) is 1. The molecule has 2 aliphatic rings. The maximum atomic E-state index is 12.8. The zero-order valence-electron chi connectivity index (χ0n) is 16.5. The van der Waals surface area contributed by atoms with E-state index in [1.807, 2.05) is 24.1 Å². The minimum atomic E-state index is 0. The quantitative estimate of drug-likeness (QED) is 0.799. The van der Waals surface area contributed by atoms with E-state index < -0.39 is 0 Å². The van der Waals surface area contributed by atoms with E-state index in [4.69, 9.17) is 4.74 Å². The first-order valence-electron chi connectivity index (χ1n) is 9.49. The zero-order chi connectivity index (χ0) is 17.8. The Morgan fingerprint density at radius 2 is 1.78 bits per heavy atom. The normalized spacial score (nSPS) is 25.6. The number of morpholine rings is 1. The number of benzene rings is 1. The molecule has 3 atom stereocenters. The van der Waals surface area contributed by atoms with Crippen molar-refractivity contribution in [1.29, 1.82) is 0 Å². The fraction of sp³-hybridized carbons (Fsp3) is 0.650. The molecule has 3 rings (SSSR count). The van der Waals surface area contributed by atoms with Gasteiger partial charge in [0.1, 0.15) is 0 Å². The molecule has 2 saturated heterocycles. The van der Waals surface area contributed by atoms with Crippen LogP contribution in [0.5, 0.6) is 0 Å². The first-order chi connectivity index (χ1) is 12.1. The number of hydrogen-bond acceptors (Lipinski definition) is 4. The zero-order valence-corrected chi connectivity index (χ0v) is 18.2. The third-order valence-corrected chi connectivity index (χ3v) is 5.18. The van der Waals surface area contributed by atoms with Gasteiger partial charge in [-0.15, -0.1) is 24.8 Å². The van der Waals surface area contributed by atoms with Gasteiger partial charge in [0, 0.05) is 44.3 Å². The van der Waals surface area contributed by atoms with Crippen LogP contribution in [0.1, 0.15) is 42.6 Å². The molecule has 0 bridgehead atoms. The first-order valence-corrected chi connectivity index (χ1v) is 9.49. The van der Waals surface area contributed by atoms with Crippen molar-refractivity contribution in [2.45, 2.75) is 51.5 Å². The van der Waals surface area contributed by atoms with Gasteiger partial charge < -0.3 is 15.0 Å². The van der Waals surface area contributed by atoms with Crippen LogP contribution in [0.25, 0.3) is 0 Å². The molecular formula is C20H33Cl2N3O2. The highest BCUT2D eigenvalue weighted by atomic mass is 35.5. The first kappa shape index (κ1) is 24.2. The number of carbonyl (C=O) groups is 1. The van der Waals surface area contributed by atoms with Gasteiger partial charge in [-0.05, 0) is 51.4 Å². The summed E-state index contributed by atoms with van der Waals surface area (Å²) >= 11 is 0. The highest BCUT2D eigenvalue weighted by Gasteiger charge is 2.28. The van der Waals surface area contributed by atoms with E-state index in [9.17, 15) is 4.79 Å². The highest BCUT2D eigenvalue weighted by Crippen LogP contribution is 2.20. The van der Waals surface area contributed by atoms with Gasteiger partial charge in [-0.1, -0.05) is 12.1 Å². The molecule has 1 amide bonds. The Hall–Kier alpha value is -0.850. The van der Waals surface area contributed by atoms with Gasteiger partial charge in [0.2, 0.25) is 0 Å². The molecule has 0 radical (unpaired) electrons. The van der Waals surface area contributed by atoms with Crippen LogP contribution in [0.3, 0.4) is 0 Å². The lowest BCUT2D eigenvalue weighted by molar-refractivity contribution is -0.0704. The molecule has 0 aromatic heterocycles. The van der Waals surface area contributed by atoms with Crippen LogP contribution in [0.2, 0.25) is 0 Å². The number of halogens is 2. The van der Waals surface area contributed by atoms with E-state index in [0.717, 1.165) is 51.1 Å². The monoisotopic (exact) mass is 417 g/mol. The minimum absolute atomic E-state index is 0. The van der Waals surface area contributed by atoms with Crippen molar-refractivity contribution >= 4 is 30.7 Å². The summed E-state index contributed by atoms with van der Waals surface area (Å²) in [6.45, 7) is 8.84. The molecule has 0 aliphatic carbocycles. The van der Waals surface area contributed by atoms with Crippen LogP contribution in [-0.2, 0) is 11.3 Å². The van der Waals surface area contributed by atoms with Gasteiger partial charge in [-0.25, -0.2) is 0 Å². The lowest BCUT2D eigenvalue weighted by Crippen LogP contribution is -2.44. The fourth-order valence-electron chi connectivity index (χ4n) is 4.14. The molecule has 2 heterocycles.